The zero-order valence-electron chi connectivity index (χ0n) is 12.0. The number of nitrogens with two attached hydrogens (primary N) is 1. The third-order valence-corrected chi connectivity index (χ3v) is 3.41. The van der Waals surface area contributed by atoms with Crippen molar-refractivity contribution < 1.29 is 9.90 Å². The fourth-order valence-corrected chi connectivity index (χ4v) is 2.32. The number of hydrogen-bond acceptors (Lipinski definition) is 3. The highest BCUT2D eigenvalue weighted by Crippen LogP contribution is 2.16. The van der Waals surface area contributed by atoms with Crippen LogP contribution in [0, 0.1) is 6.92 Å². The molecule has 0 aromatic heterocycles. The van der Waals surface area contributed by atoms with E-state index in [4.69, 9.17) is 5.73 Å². The van der Waals surface area contributed by atoms with Gasteiger partial charge in [-0.15, -0.1) is 0 Å². The molecule has 1 amide bonds. The smallest absolute Gasteiger partial charge is 0.253 e. The summed E-state index contributed by atoms with van der Waals surface area (Å²) in [5.41, 5.74) is 8.68. The zero-order valence-corrected chi connectivity index (χ0v) is 12.0. The van der Waals surface area contributed by atoms with Crippen molar-refractivity contribution in [2.24, 2.45) is 0 Å². The van der Waals surface area contributed by atoms with Crippen molar-refractivity contribution in [2.75, 3.05) is 12.3 Å². The maximum atomic E-state index is 12.3. The Hall–Kier alpha value is -2.33. The van der Waals surface area contributed by atoms with Gasteiger partial charge in [-0.2, -0.15) is 0 Å². The molecule has 2 aromatic rings. The SMILES string of the molecule is Cc1cccc(N)c1C(=O)N[C@@H](CO)Cc1ccccc1. The highest BCUT2D eigenvalue weighted by Gasteiger charge is 2.17. The van der Waals surface area contributed by atoms with E-state index in [0.29, 0.717) is 17.7 Å². The van der Waals surface area contributed by atoms with Gasteiger partial charge in [0.1, 0.15) is 0 Å². The Morgan fingerprint density at radius 1 is 1.19 bits per heavy atom. The molecule has 0 unspecified atom stereocenters. The van der Waals surface area contributed by atoms with Crippen LogP contribution in [0.15, 0.2) is 48.5 Å². The van der Waals surface area contributed by atoms with Crippen LogP contribution in [-0.4, -0.2) is 23.7 Å². The summed E-state index contributed by atoms with van der Waals surface area (Å²) in [4.78, 5) is 12.3. The first-order chi connectivity index (χ1) is 10.1. The molecule has 0 spiro atoms. The average molecular weight is 284 g/mol. The van der Waals surface area contributed by atoms with Crippen molar-refractivity contribution >= 4 is 11.6 Å². The molecule has 0 fully saturated rings. The number of amides is 1. The molecule has 4 nitrogen and oxygen atoms in total. The molecule has 110 valence electrons. The molecule has 0 bridgehead atoms. The standard InChI is InChI=1S/C17H20N2O2/c1-12-6-5-9-15(18)16(12)17(21)19-14(11-20)10-13-7-3-2-4-8-13/h2-9,14,20H,10-11,18H2,1H3,(H,19,21)/t14-/m1/s1. The molecule has 1 atom stereocenters. The van der Waals surface area contributed by atoms with Crippen molar-refractivity contribution in [1.82, 2.24) is 5.32 Å². The van der Waals surface area contributed by atoms with Gasteiger partial charge in [-0.1, -0.05) is 42.5 Å². The van der Waals surface area contributed by atoms with Gasteiger partial charge >= 0.3 is 0 Å². The van der Waals surface area contributed by atoms with Crippen LogP contribution in [0.3, 0.4) is 0 Å². The van der Waals surface area contributed by atoms with Gasteiger partial charge in [0.05, 0.1) is 18.2 Å². The Kier molecular flexibility index (Phi) is 4.95. The van der Waals surface area contributed by atoms with E-state index in [1.54, 1.807) is 6.07 Å². The maximum absolute atomic E-state index is 12.3. The lowest BCUT2D eigenvalue weighted by molar-refractivity contribution is 0.0917. The molecule has 4 N–H and O–H groups in total. The molecule has 0 aliphatic heterocycles. The quantitative estimate of drug-likeness (QED) is 0.734. The van der Waals surface area contributed by atoms with Gasteiger partial charge < -0.3 is 16.2 Å². The third kappa shape index (κ3) is 3.83. The molecular weight excluding hydrogens is 264 g/mol. The summed E-state index contributed by atoms with van der Waals surface area (Å²) in [5, 5.41) is 12.3. The summed E-state index contributed by atoms with van der Waals surface area (Å²) in [6, 6.07) is 14.8. The number of aliphatic hydroxyl groups is 1. The van der Waals surface area contributed by atoms with Crippen LogP contribution in [0.25, 0.3) is 0 Å². The number of aryl methyl sites for hydroxylation is 1. The van der Waals surface area contributed by atoms with Crippen LogP contribution in [0.4, 0.5) is 5.69 Å². The van der Waals surface area contributed by atoms with E-state index in [0.717, 1.165) is 11.1 Å². The van der Waals surface area contributed by atoms with E-state index in [9.17, 15) is 9.90 Å². The molecule has 0 heterocycles. The fourth-order valence-electron chi connectivity index (χ4n) is 2.32. The number of carbonyl (C=O) groups is 1. The molecule has 0 aliphatic carbocycles. The Morgan fingerprint density at radius 2 is 1.90 bits per heavy atom. The summed E-state index contributed by atoms with van der Waals surface area (Å²) in [7, 11) is 0. The molecule has 0 saturated carbocycles. The topological polar surface area (TPSA) is 75.4 Å². The number of carbonyl (C=O) groups excluding carboxylic acids is 1. The van der Waals surface area contributed by atoms with Gasteiger partial charge in [0.2, 0.25) is 0 Å². The monoisotopic (exact) mass is 284 g/mol. The Balaban J connectivity index is 2.10. The van der Waals surface area contributed by atoms with E-state index >= 15 is 0 Å². The normalized spacial score (nSPS) is 11.9. The van der Waals surface area contributed by atoms with Gasteiger partial charge in [0, 0.05) is 5.69 Å². The number of nitrogens with one attached hydrogen (secondary N) is 1. The number of nitrogen functional groups attached to an aromatic ring is 1. The van der Waals surface area contributed by atoms with Crippen molar-refractivity contribution in [3.63, 3.8) is 0 Å². The molecule has 4 heteroatoms. The highest BCUT2D eigenvalue weighted by molar-refractivity contribution is 6.00. The number of rotatable bonds is 5. The molecule has 0 radical (unpaired) electrons. The predicted octanol–water partition coefficient (Wildman–Crippen LogP) is 1.91. The lowest BCUT2D eigenvalue weighted by Crippen LogP contribution is -2.39. The van der Waals surface area contributed by atoms with Gasteiger partial charge in [-0.25, -0.2) is 0 Å². The first-order valence-electron chi connectivity index (χ1n) is 6.92. The van der Waals surface area contributed by atoms with Crippen LogP contribution < -0.4 is 11.1 Å². The van der Waals surface area contributed by atoms with Gasteiger partial charge in [0.25, 0.3) is 5.91 Å². The minimum Gasteiger partial charge on any atom is -0.398 e. The first kappa shape index (κ1) is 15.1. The minimum atomic E-state index is -0.334. The van der Waals surface area contributed by atoms with Gasteiger partial charge in [-0.3, -0.25) is 4.79 Å². The summed E-state index contributed by atoms with van der Waals surface area (Å²) in [5.74, 6) is -0.249. The molecule has 2 aromatic carbocycles. The lowest BCUT2D eigenvalue weighted by Gasteiger charge is -2.18. The average Bonchev–Trinajstić information content (AvgIpc) is 2.47. The number of benzene rings is 2. The van der Waals surface area contributed by atoms with E-state index in [2.05, 4.69) is 5.32 Å². The van der Waals surface area contributed by atoms with Crippen molar-refractivity contribution in [3.05, 3.63) is 65.2 Å². The van der Waals surface area contributed by atoms with Crippen LogP contribution in [-0.2, 0) is 6.42 Å². The van der Waals surface area contributed by atoms with Crippen LogP contribution in [0.1, 0.15) is 21.5 Å². The summed E-state index contributed by atoms with van der Waals surface area (Å²) < 4.78 is 0. The van der Waals surface area contributed by atoms with E-state index in [1.165, 1.54) is 0 Å². The van der Waals surface area contributed by atoms with Crippen LogP contribution in [0.5, 0.6) is 0 Å². The van der Waals surface area contributed by atoms with Gasteiger partial charge in [0.15, 0.2) is 0 Å². The van der Waals surface area contributed by atoms with Crippen molar-refractivity contribution in [2.45, 2.75) is 19.4 Å². The predicted molar refractivity (Wildman–Crippen MR) is 84.1 cm³/mol. The summed E-state index contributed by atoms with van der Waals surface area (Å²) in [6.45, 7) is 1.73. The maximum Gasteiger partial charge on any atom is 0.253 e. The first-order valence-corrected chi connectivity index (χ1v) is 6.92. The van der Waals surface area contributed by atoms with E-state index in [1.807, 2.05) is 49.4 Å². The molecule has 0 saturated heterocycles. The van der Waals surface area contributed by atoms with Crippen molar-refractivity contribution in [1.29, 1.82) is 0 Å². The summed E-state index contributed by atoms with van der Waals surface area (Å²) >= 11 is 0. The Labute approximate surface area is 124 Å². The molecular formula is C17H20N2O2. The minimum absolute atomic E-state index is 0.119. The Morgan fingerprint density at radius 3 is 2.52 bits per heavy atom. The third-order valence-electron chi connectivity index (χ3n) is 3.41. The lowest BCUT2D eigenvalue weighted by atomic mass is 10.0. The molecule has 2 rings (SSSR count). The van der Waals surface area contributed by atoms with Gasteiger partial charge in [-0.05, 0) is 30.5 Å². The summed E-state index contributed by atoms with van der Waals surface area (Å²) in [6.07, 6.45) is 0.578. The van der Waals surface area contributed by atoms with Crippen LogP contribution in [0.2, 0.25) is 0 Å². The second-order valence-corrected chi connectivity index (χ2v) is 5.08. The number of hydrogen-bond donors (Lipinski definition) is 3. The highest BCUT2D eigenvalue weighted by atomic mass is 16.3. The molecule has 21 heavy (non-hydrogen) atoms. The fraction of sp³-hybridized carbons (Fsp3) is 0.235. The number of anilines is 1. The van der Waals surface area contributed by atoms with Crippen LogP contribution >= 0.6 is 0 Å². The number of aliphatic hydroxyl groups excluding tert-OH is 1. The second-order valence-electron chi connectivity index (χ2n) is 5.08. The second kappa shape index (κ2) is 6.90. The zero-order chi connectivity index (χ0) is 15.2. The van der Waals surface area contributed by atoms with E-state index < -0.39 is 0 Å². The Bertz CT molecular complexity index is 591. The van der Waals surface area contributed by atoms with Crippen molar-refractivity contribution in [3.8, 4) is 0 Å². The van der Waals surface area contributed by atoms with E-state index in [-0.39, 0.29) is 18.6 Å². The molecule has 0 aliphatic rings. The largest absolute Gasteiger partial charge is 0.398 e.